The molecule has 0 aliphatic carbocycles. The Kier molecular flexibility index (Phi) is 9.49. The first-order chi connectivity index (χ1) is 13.2. The first-order valence-corrected chi connectivity index (χ1v) is 8.91. The second kappa shape index (κ2) is 11.6. The number of amides is 1. The lowest BCUT2D eigenvalue weighted by atomic mass is 10.1. The fourth-order valence-corrected chi connectivity index (χ4v) is 2.17. The second-order valence-corrected chi connectivity index (χ2v) is 6.44. The predicted molar refractivity (Wildman–Crippen MR) is 102 cm³/mol. The van der Waals surface area contributed by atoms with Gasteiger partial charge in [-0.05, 0) is 5.56 Å². The highest BCUT2D eigenvalue weighted by Crippen LogP contribution is 2.08. The van der Waals surface area contributed by atoms with Crippen LogP contribution in [0.2, 0.25) is 0 Å². The molecule has 1 aromatic rings. The molecule has 1 unspecified atom stereocenters. The van der Waals surface area contributed by atoms with Gasteiger partial charge in [-0.1, -0.05) is 44.2 Å². The van der Waals surface area contributed by atoms with Crippen LogP contribution in [-0.2, 0) is 25.5 Å². The molecular weight excluding hydrogens is 366 g/mol. The quantitative estimate of drug-likeness (QED) is 0.253. The lowest BCUT2D eigenvalue weighted by Gasteiger charge is -2.26. The average molecular weight is 393 g/mol. The standard InChI is InChI=1S/C19H27N3O6/c1-13(2)17(25)27-10-7-11-28-19(26)21-18(20)22(3)15(16(23)24)12-14-8-5-4-6-9-14/h4-6,8-9,13,15H,7,10-12H2,1-3H3,(H,23,24)(H2,20,21,26). The number of rotatable bonds is 9. The zero-order valence-corrected chi connectivity index (χ0v) is 16.3. The van der Waals surface area contributed by atoms with Crippen LogP contribution in [-0.4, -0.2) is 60.3 Å². The molecule has 1 atom stereocenters. The highest BCUT2D eigenvalue weighted by atomic mass is 16.6. The highest BCUT2D eigenvalue weighted by molar-refractivity contribution is 5.94. The predicted octanol–water partition coefficient (Wildman–Crippen LogP) is 1.86. The SMILES string of the molecule is CC(C)C(=O)OCCCOC(=O)NC(=N)N(C)C(Cc1ccccc1)C(=O)O. The van der Waals surface area contributed by atoms with E-state index in [1.165, 1.54) is 7.05 Å². The maximum Gasteiger partial charge on any atom is 0.413 e. The van der Waals surface area contributed by atoms with Crippen molar-refractivity contribution in [1.29, 1.82) is 5.41 Å². The van der Waals surface area contributed by atoms with Crippen molar-refractivity contribution < 1.29 is 29.0 Å². The van der Waals surface area contributed by atoms with E-state index in [1.54, 1.807) is 38.1 Å². The first kappa shape index (κ1) is 22.9. The number of guanidine groups is 1. The monoisotopic (exact) mass is 393 g/mol. The number of hydrogen-bond acceptors (Lipinski definition) is 6. The topological polar surface area (TPSA) is 129 Å². The van der Waals surface area contributed by atoms with Gasteiger partial charge in [-0.25, -0.2) is 9.59 Å². The van der Waals surface area contributed by atoms with Gasteiger partial charge < -0.3 is 19.5 Å². The molecule has 0 bridgehead atoms. The van der Waals surface area contributed by atoms with E-state index >= 15 is 0 Å². The van der Waals surface area contributed by atoms with Gasteiger partial charge in [-0.15, -0.1) is 0 Å². The number of hydrogen-bond donors (Lipinski definition) is 3. The van der Waals surface area contributed by atoms with Crippen LogP contribution < -0.4 is 5.32 Å². The molecule has 0 aliphatic rings. The molecule has 0 saturated carbocycles. The number of carboxylic acid groups (broad SMARTS) is 1. The van der Waals surface area contributed by atoms with Gasteiger partial charge in [0, 0.05) is 19.9 Å². The number of aliphatic carboxylic acids is 1. The van der Waals surface area contributed by atoms with Gasteiger partial charge in [0.25, 0.3) is 0 Å². The van der Waals surface area contributed by atoms with Gasteiger partial charge >= 0.3 is 18.0 Å². The maximum atomic E-state index is 11.8. The van der Waals surface area contributed by atoms with Gasteiger partial charge in [-0.2, -0.15) is 0 Å². The molecule has 28 heavy (non-hydrogen) atoms. The molecule has 0 fully saturated rings. The molecule has 0 radical (unpaired) electrons. The molecule has 1 aromatic carbocycles. The van der Waals surface area contributed by atoms with Gasteiger partial charge in [0.1, 0.15) is 6.04 Å². The van der Waals surface area contributed by atoms with Crippen LogP contribution >= 0.6 is 0 Å². The number of carbonyl (C=O) groups excluding carboxylic acids is 2. The Morgan fingerprint density at radius 3 is 2.32 bits per heavy atom. The van der Waals surface area contributed by atoms with Crippen LogP contribution in [0.25, 0.3) is 0 Å². The Labute approximate surface area is 164 Å². The first-order valence-electron chi connectivity index (χ1n) is 8.91. The van der Waals surface area contributed by atoms with Crippen molar-refractivity contribution in [2.24, 2.45) is 5.92 Å². The molecule has 9 nitrogen and oxygen atoms in total. The number of nitrogens with one attached hydrogen (secondary N) is 2. The summed E-state index contributed by atoms with van der Waals surface area (Å²) in [7, 11) is 1.41. The van der Waals surface area contributed by atoms with Gasteiger partial charge in [0.05, 0.1) is 19.1 Å². The van der Waals surface area contributed by atoms with E-state index in [4.69, 9.17) is 14.9 Å². The smallest absolute Gasteiger partial charge is 0.413 e. The minimum absolute atomic E-state index is 0.000573. The van der Waals surface area contributed by atoms with Crippen molar-refractivity contribution in [3.8, 4) is 0 Å². The van der Waals surface area contributed by atoms with E-state index < -0.39 is 18.1 Å². The minimum atomic E-state index is -1.11. The highest BCUT2D eigenvalue weighted by Gasteiger charge is 2.26. The summed E-state index contributed by atoms with van der Waals surface area (Å²) >= 11 is 0. The van der Waals surface area contributed by atoms with E-state index in [1.807, 2.05) is 6.07 Å². The van der Waals surface area contributed by atoms with Crippen LogP contribution in [0.5, 0.6) is 0 Å². The Balaban J connectivity index is 2.43. The van der Waals surface area contributed by atoms with E-state index in [9.17, 15) is 19.5 Å². The number of esters is 1. The summed E-state index contributed by atoms with van der Waals surface area (Å²) in [6, 6.07) is 7.99. The van der Waals surface area contributed by atoms with E-state index in [0.29, 0.717) is 6.42 Å². The number of carboxylic acids is 1. The molecule has 1 rings (SSSR count). The number of nitrogens with zero attached hydrogens (tertiary/aromatic N) is 1. The molecule has 0 heterocycles. The molecule has 1 amide bonds. The third kappa shape index (κ3) is 8.07. The van der Waals surface area contributed by atoms with Crippen molar-refractivity contribution in [3.63, 3.8) is 0 Å². The third-order valence-electron chi connectivity index (χ3n) is 3.84. The van der Waals surface area contributed by atoms with Crippen molar-refractivity contribution in [1.82, 2.24) is 10.2 Å². The largest absolute Gasteiger partial charge is 0.480 e. The number of carbonyl (C=O) groups is 3. The van der Waals surface area contributed by atoms with E-state index in [0.717, 1.165) is 10.5 Å². The van der Waals surface area contributed by atoms with Gasteiger partial charge in [0.2, 0.25) is 5.96 Å². The van der Waals surface area contributed by atoms with Crippen molar-refractivity contribution >= 4 is 24.0 Å². The molecular formula is C19H27N3O6. The number of benzene rings is 1. The Morgan fingerprint density at radius 1 is 1.14 bits per heavy atom. The fourth-order valence-electron chi connectivity index (χ4n) is 2.17. The fraction of sp³-hybridized carbons (Fsp3) is 0.474. The van der Waals surface area contributed by atoms with E-state index in [2.05, 4.69) is 5.32 Å². The molecule has 0 aliphatic heterocycles. The summed E-state index contributed by atoms with van der Waals surface area (Å²) < 4.78 is 9.86. The molecule has 0 aromatic heterocycles. The third-order valence-corrected chi connectivity index (χ3v) is 3.84. The summed E-state index contributed by atoms with van der Waals surface area (Å²) in [5.74, 6) is -2.05. The maximum absolute atomic E-state index is 11.8. The molecule has 3 N–H and O–H groups in total. The van der Waals surface area contributed by atoms with Gasteiger partial charge in [0.15, 0.2) is 0 Å². The zero-order chi connectivity index (χ0) is 21.1. The molecule has 0 spiro atoms. The second-order valence-electron chi connectivity index (χ2n) is 6.44. The lowest BCUT2D eigenvalue weighted by molar-refractivity contribution is -0.147. The van der Waals surface area contributed by atoms with Crippen LogP contribution in [0, 0.1) is 11.3 Å². The summed E-state index contributed by atoms with van der Waals surface area (Å²) in [5.41, 5.74) is 0.799. The number of likely N-dealkylation sites (N-methyl/N-ethyl adjacent to an activating group) is 1. The number of ether oxygens (including phenoxy) is 2. The van der Waals surface area contributed by atoms with Crippen molar-refractivity contribution in [2.45, 2.75) is 32.7 Å². The lowest BCUT2D eigenvalue weighted by Crippen LogP contribution is -2.50. The van der Waals surface area contributed by atoms with Crippen LogP contribution in [0.3, 0.4) is 0 Å². The molecule has 0 saturated heterocycles. The van der Waals surface area contributed by atoms with Crippen molar-refractivity contribution in [2.75, 3.05) is 20.3 Å². The van der Waals surface area contributed by atoms with Crippen LogP contribution in [0.15, 0.2) is 30.3 Å². The summed E-state index contributed by atoms with van der Waals surface area (Å²) in [6.07, 6.45) is -0.385. The Morgan fingerprint density at radius 2 is 1.75 bits per heavy atom. The summed E-state index contributed by atoms with van der Waals surface area (Å²) in [4.78, 5) is 35.8. The minimum Gasteiger partial charge on any atom is -0.480 e. The molecule has 9 heteroatoms. The summed E-state index contributed by atoms with van der Waals surface area (Å²) in [6.45, 7) is 3.56. The summed E-state index contributed by atoms with van der Waals surface area (Å²) in [5, 5.41) is 19.6. The Bertz CT molecular complexity index is 678. The van der Waals surface area contributed by atoms with Crippen LogP contribution in [0.4, 0.5) is 4.79 Å². The average Bonchev–Trinajstić information content (AvgIpc) is 2.65. The van der Waals surface area contributed by atoms with Gasteiger partial charge in [-0.3, -0.25) is 15.5 Å². The zero-order valence-electron chi connectivity index (χ0n) is 16.3. The van der Waals surface area contributed by atoms with Crippen molar-refractivity contribution in [3.05, 3.63) is 35.9 Å². The van der Waals surface area contributed by atoms with Crippen LogP contribution in [0.1, 0.15) is 25.8 Å². The molecule has 154 valence electrons. The Hall–Kier alpha value is -3.10. The number of alkyl carbamates (subject to hydrolysis) is 1. The normalized spacial score (nSPS) is 11.4. The van der Waals surface area contributed by atoms with E-state index in [-0.39, 0.29) is 37.5 Å².